The molecule has 9 heteroatoms. The molecule has 182 valence electrons. The van der Waals surface area contributed by atoms with Crippen LogP contribution in [-0.4, -0.2) is 50.8 Å². The third-order valence-corrected chi connectivity index (χ3v) is 8.49. The van der Waals surface area contributed by atoms with Crippen molar-refractivity contribution in [2.45, 2.75) is 50.6 Å². The maximum atomic E-state index is 13.4. The molecule has 0 spiro atoms. The van der Waals surface area contributed by atoms with Gasteiger partial charge in [0.15, 0.2) is 0 Å². The fraction of sp³-hybridized carbons (Fsp3) is 0.440. The smallest absolute Gasteiger partial charge is 0.243 e. The summed E-state index contributed by atoms with van der Waals surface area (Å²) in [6, 6.07) is 12.4. The Morgan fingerprint density at radius 1 is 1.15 bits per heavy atom. The molecule has 2 amide bonds. The van der Waals surface area contributed by atoms with Gasteiger partial charge in [-0.2, -0.15) is 4.31 Å². The van der Waals surface area contributed by atoms with E-state index in [2.05, 4.69) is 5.32 Å². The van der Waals surface area contributed by atoms with Crippen LogP contribution in [0.15, 0.2) is 47.4 Å². The van der Waals surface area contributed by atoms with Crippen molar-refractivity contribution in [2.24, 2.45) is 5.92 Å². The maximum absolute atomic E-state index is 13.4. The van der Waals surface area contributed by atoms with Gasteiger partial charge < -0.3 is 15.0 Å². The van der Waals surface area contributed by atoms with E-state index >= 15 is 0 Å². The Morgan fingerprint density at radius 2 is 1.88 bits per heavy atom. The number of fused-ring (bicyclic) bond motifs is 1. The first-order valence-electron chi connectivity index (χ1n) is 11.5. The van der Waals surface area contributed by atoms with Crippen LogP contribution in [-0.2, 0) is 32.6 Å². The molecule has 2 heterocycles. The summed E-state index contributed by atoms with van der Waals surface area (Å²) in [5.74, 6) is 0.152. The summed E-state index contributed by atoms with van der Waals surface area (Å²) in [4.78, 5) is 26.7. The van der Waals surface area contributed by atoms with E-state index in [4.69, 9.17) is 4.74 Å². The van der Waals surface area contributed by atoms with Crippen molar-refractivity contribution in [3.8, 4) is 5.75 Å². The van der Waals surface area contributed by atoms with Gasteiger partial charge in [0.25, 0.3) is 0 Å². The summed E-state index contributed by atoms with van der Waals surface area (Å²) in [6.07, 6.45) is 1.89. The molecule has 0 aromatic heterocycles. The first-order chi connectivity index (χ1) is 16.2. The van der Waals surface area contributed by atoms with Crippen LogP contribution in [0.25, 0.3) is 0 Å². The number of methoxy groups -OCH3 is 1. The second-order valence-corrected chi connectivity index (χ2v) is 10.9. The number of nitrogens with zero attached hydrogens (tertiary/aromatic N) is 2. The number of hydrogen-bond donors (Lipinski definition) is 1. The summed E-state index contributed by atoms with van der Waals surface area (Å²) in [7, 11) is -2.14. The highest BCUT2D eigenvalue weighted by Gasteiger charge is 2.35. The SMILES string of the molecule is COc1ccc(CNC(=O)[C@@H]2CCCN(S(=O)(=O)c3ccc4c(c3)C[C@@H](C)N4C(C)=O)C2)cc1. The van der Waals surface area contributed by atoms with E-state index in [0.29, 0.717) is 32.4 Å². The Hall–Kier alpha value is -2.91. The highest BCUT2D eigenvalue weighted by molar-refractivity contribution is 7.89. The Kier molecular flexibility index (Phi) is 6.95. The number of piperidine rings is 1. The first-order valence-corrected chi connectivity index (χ1v) is 13.0. The van der Waals surface area contributed by atoms with Crippen LogP contribution >= 0.6 is 0 Å². The van der Waals surface area contributed by atoms with E-state index in [-0.39, 0.29) is 29.3 Å². The van der Waals surface area contributed by atoms with Gasteiger partial charge in [-0.15, -0.1) is 0 Å². The molecule has 8 nitrogen and oxygen atoms in total. The highest BCUT2D eigenvalue weighted by atomic mass is 32.2. The molecule has 0 bridgehead atoms. The lowest BCUT2D eigenvalue weighted by Gasteiger charge is -2.31. The average Bonchev–Trinajstić information content (AvgIpc) is 3.18. The van der Waals surface area contributed by atoms with Gasteiger partial charge >= 0.3 is 0 Å². The number of anilines is 1. The monoisotopic (exact) mass is 485 g/mol. The minimum absolute atomic E-state index is 0.000723. The molecule has 1 N–H and O–H groups in total. The fourth-order valence-corrected chi connectivity index (χ4v) is 6.42. The van der Waals surface area contributed by atoms with E-state index < -0.39 is 15.9 Å². The van der Waals surface area contributed by atoms with Crippen LogP contribution < -0.4 is 15.0 Å². The van der Waals surface area contributed by atoms with E-state index in [9.17, 15) is 18.0 Å². The van der Waals surface area contributed by atoms with Crippen molar-refractivity contribution < 1.29 is 22.7 Å². The summed E-state index contributed by atoms with van der Waals surface area (Å²) >= 11 is 0. The molecule has 2 aromatic rings. The van der Waals surface area contributed by atoms with Gasteiger partial charge in [0, 0.05) is 38.3 Å². The minimum atomic E-state index is -3.74. The summed E-state index contributed by atoms with van der Waals surface area (Å²) < 4.78 is 33.3. The second kappa shape index (κ2) is 9.76. The predicted octanol–water partition coefficient (Wildman–Crippen LogP) is 2.71. The predicted molar refractivity (Wildman–Crippen MR) is 129 cm³/mol. The Balaban J connectivity index is 1.43. The van der Waals surface area contributed by atoms with Gasteiger partial charge in [-0.3, -0.25) is 9.59 Å². The van der Waals surface area contributed by atoms with Crippen LogP contribution in [0.4, 0.5) is 5.69 Å². The summed E-state index contributed by atoms with van der Waals surface area (Å²) in [5, 5.41) is 2.93. The summed E-state index contributed by atoms with van der Waals surface area (Å²) in [5.41, 5.74) is 2.57. The van der Waals surface area contributed by atoms with Crippen molar-refractivity contribution in [3.05, 3.63) is 53.6 Å². The standard InChI is InChI=1S/C25H31N3O5S/c1-17-13-21-14-23(10-11-24(21)28(17)18(2)29)34(31,32)27-12-4-5-20(16-27)25(30)26-15-19-6-8-22(33-3)9-7-19/h6-11,14,17,20H,4-5,12-13,15-16H2,1-3H3,(H,26,30)/t17-,20-/m1/s1. The van der Waals surface area contributed by atoms with Crippen molar-refractivity contribution in [2.75, 3.05) is 25.1 Å². The van der Waals surface area contributed by atoms with Gasteiger partial charge in [0.2, 0.25) is 21.8 Å². The van der Waals surface area contributed by atoms with Gasteiger partial charge in [0.1, 0.15) is 5.75 Å². The topological polar surface area (TPSA) is 96.0 Å². The number of carbonyl (C=O) groups excluding carboxylic acids is 2. The highest BCUT2D eigenvalue weighted by Crippen LogP contribution is 2.35. The molecule has 2 aliphatic rings. The lowest BCUT2D eigenvalue weighted by molar-refractivity contribution is -0.126. The van der Waals surface area contributed by atoms with Crippen molar-refractivity contribution in [3.63, 3.8) is 0 Å². The minimum Gasteiger partial charge on any atom is -0.497 e. The molecule has 0 saturated carbocycles. The van der Waals surface area contributed by atoms with Crippen molar-refractivity contribution in [1.82, 2.24) is 9.62 Å². The zero-order valence-electron chi connectivity index (χ0n) is 19.8. The molecule has 34 heavy (non-hydrogen) atoms. The molecule has 2 aliphatic heterocycles. The number of rotatable bonds is 6. The summed E-state index contributed by atoms with van der Waals surface area (Å²) in [6.45, 7) is 4.39. The number of hydrogen-bond acceptors (Lipinski definition) is 5. The zero-order valence-corrected chi connectivity index (χ0v) is 20.6. The Morgan fingerprint density at radius 3 is 2.56 bits per heavy atom. The molecule has 0 unspecified atom stereocenters. The quantitative estimate of drug-likeness (QED) is 0.679. The van der Waals surface area contributed by atoms with E-state index in [1.165, 1.54) is 11.2 Å². The number of sulfonamides is 1. The molecule has 1 saturated heterocycles. The fourth-order valence-electron chi connectivity index (χ4n) is 4.85. The van der Waals surface area contributed by atoms with Crippen LogP contribution in [0.5, 0.6) is 5.75 Å². The largest absolute Gasteiger partial charge is 0.497 e. The van der Waals surface area contributed by atoms with Gasteiger partial charge in [-0.25, -0.2) is 8.42 Å². The molecule has 2 aromatic carbocycles. The van der Waals surface area contributed by atoms with Crippen LogP contribution in [0.1, 0.15) is 37.8 Å². The number of ether oxygens (including phenoxy) is 1. The number of benzene rings is 2. The lowest BCUT2D eigenvalue weighted by atomic mass is 9.99. The third-order valence-electron chi connectivity index (χ3n) is 6.62. The number of carbonyl (C=O) groups is 2. The van der Waals surface area contributed by atoms with Gasteiger partial charge in [0.05, 0.1) is 17.9 Å². The molecule has 0 radical (unpaired) electrons. The normalized spacial score (nSPS) is 20.6. The van der Waals surface area contributed by atoms with E-state index in [1.807, 2.05) is 31.2 Å². The van der Waals surface area contributed by atoms with Crippen molar-refractivity contribution >= 4 is 27.5 Å². The lowest BCUT2D eigenvalue weighted by Crippen LogP contribution is -2.45. The molecular weight excluding hydrogens is 454 g/mol. The molecule has 0 aliphatic carbocycles. The molecule has 1 fully saturated rings. The van der Waals surface area contributed by atoms with Crippen molar-refractivity contribution in [1.29, 1.82) is 0 Å². The maximum Gasteiger partial charge on any atom is 0.243 e. The number of amides is 2. The van der Waals surface area contributed by atoms with Crippen LogP contribution in [0.3, 0.4) is 0 Å². The van der Waals surface area contributed by atoms with Crippen LogP contribution in [0.2, 0.25) is 0 Å². The Bertz CT molecular complexity index is 1180. The van der Waals surface area contributed by atoms with E-state index in [1.54, 1.807) is 30.2 Å². The average molecular weight is 486 g/mol. The second-order valence-electron chi connectivity index (χ2n) is 9.00. The molecule has 4 rings (SSSR count). The first kappa shape index (κ1) is 24.2. The number of nitrogens with one attached hydrogen (secondary N) is 1. The Labute approximate surface area is 200 Å². The van der Waals surface area contributed by atoms with Gasteiger partial charge in [-0.05, 0) is 67.6 Å². The molecular formula is C25H31N3O5S. The third kappa shape index (κ3) is 4.81. The van der Waals surface area contributed by atoms with Crippen LogP contribution in [0, 0.1) is 5.92 Å². The zero-order chi connectivity index (χ0) is 24.5. The van der Waals surface area contributed by atoms with Gasteiger partial charge in [-0.1, -0.05) is 12.1 Å². The van der Waals surface area contributed by atoms with E-state index in [0.717, 1.165) is 22.6 Å². The molecule has 2 atom stereocenters.